The fraction of sp³-hybridized carbons (Fsp3) is 0.600. The standard InChI is InChI=1S/C15H22O3S/c1-14(2)5-6-19-10-15(14,16)11-7-12(17-3)9-13(8-11)18-4/h7-9,16H,5-6,10H2,1-4H3. The Hall–Kier alpha value is -0.870. The largest absolute Gasteiger partial charge is 0.497 e. The molecule has 1 atom stereocenters. The van der Waals surface area contributed by atoms with Gasteiger partial charge in [0.15, 0.2) is 0 Å². The molecule has 1 heterocycles. The molecule has 1 aromatic carbocycles. The Morgan fingerprint density at radius 1 is 1.11 bits per heavy atom. The molecule has 1 N–H and O–H groups in total. The number of thioether (sulfide) groups is 1. The Labute approximate surface area is 119 Å². The van der Waals surface area contributed by atoms with E-state index in [-0.39, 0.29) is 5.41 Å². The van der Waals surface area contributed by atoms with Gasteiger partial charge < -0.3 is 14.6 Å². The van der Waals surface area contributed by atoms with Crippen molar-refractivity contribution < 1.29 is 14.6 Å². The molecular weight excluding hydrogens is 260 g/mol. The van der Waals surface area contributed by atoms with Crippen LogP contribution < -0.4 is 9.47 Å². The predicted octanol–water partition coefficient (Wildman–Crippen LogP) is 3.05. The van der Waals surface area contributed by atoms with Gasteiger partial charge in [-0.1, -0.05) is 13.8 Å². The molecule has 106 valence electrons. The van der Waals surface area contributed by atoms with Crippen molar-refractivity contribution in [2.75, 3.05) is 25.7 Å². The van der Waals surface area contributed by atoms with Crippen molar-refractivity contribution in [2.24, 2.45) is 5.41 Å². The lowest BCUT2D eigenvalue weighted by Crippen LogP contribution is -2.47. The molecule has 0 aromatic heterocycles. The van der Waals surface area contributed by atoms with Crippen molar-refractivity contribution in [3.63, 3.8) is 0 Å². The molecule has 0 spiro atoms. The lowest BCUT2D eigenvalue weighted by atomic mass is 9.70. The molecule has 1 unspecified atom stereocenters. The van der Waals surface area contributed by atoms with Crippen LogP contribution in [0.1, 0.15) is 25.8 Å². The first kappa shape index (κ1) is 14.5. The third kappa shape index (κ3) is 2.56. The molecule has 0 radical (unpaired) electrons. The van der Waals surface area contributed by atoms with Gasteiger partial charge in [-0.15, -0.1) is 0 Å². The van der Waals surface area contributed by atoms with Crippen LogP contribution in [0.2, 0.25) is 0 Å². The van der Waals surface area contributed by atoms with Gasteiger partial charge in [-0.2, -0.15) is 11.8 Å². The van der Waals surface area contributed by atoms with E-state index in [0.717, 1.165) is 17.7 Å². The van der Waals surface area contributed by atoms with Gasteiger partial charge in [-0.25, -0.2) is 0 Å². The summed E-state index contributed by atoms with van der Waals surface area (Å²) in [5, 5.41) is 11.2. The molecular formula is C15H22O3S. The minimum absolute atomic E-state index is 0.157. The van der Waals surface area contributed by atoms with E-state index in [9.17, 15) is 5.11 Å². The van der Waals surface area contributed by atoms with Gasteiger partial charge in [-0.05, 0) is 35.3 Å². The van der Waals surface area contributed by atoms with Gasteiger partial charge in [0.2, 0.25) is 0 Å². The summed E-state index contributed by atoms with van der Waals surface area (Å²) in [6.45, 7) is 4.25. The number of aliphatic hydroxyl groups is 1. The molecule has 1 aliphatic heterocycles. The Kier molecular flexibility index (Phi) is 4.02. The molecule has 1 saturated heterocycles. The first-order valence-corrected chi connectivity index (χ1v) is 7.62. The van der Waals surface area contributed by atoms with Crippen molar-refractivity contribution in [1.82, 2.24) is 0 Å². The highest BCUT2D eigenvalue weighted by Gasteiger charge is 2.47. The second kappa shape index (κ2) is 5.25. The van der Waals surface area contributed by atoms with Gasteiger partial charge in [-0.3, -0.25) is 0 Å². The zero-order valence-electron chi connectivity index (χ0n) is 12.0. The van der Waals surface area contributed by atoms with E-state index in [1.165, 1.54) is 0 Å². The zero-order chi connectivity index (χ0) is 14.1. The minimum Gasteiger partial charge on any atom is -0.497 e. The Morgan fingerprint density at radius 3 is 2.16 bits per heavy atom. The quantitative estimate of drug-likeness (QED) is 0.925. The summed E-state index contributed by atoms with van der Waals surface area (Å²) in [7, 11) is 3.26. The van der Waals surface area contributed by atoms with Crippen molar-refractivity contribution >= 4 is 11.8 Å². The van der Waals surface area contributed by atoms with Crippen LogP contribution in [0.3, 0.4) is 0 Å². The van der Waals surface area contributed by atoms with Crippen LogP contribution >= 0.6 is 11.8 Å². The van der Waals surface area contributed by atoms with Gasteiger partial charge in [0.25, 0.3) is 0 Å². The number of hydrogen-bond acceptors (Lipinski definition) is 4. The van der Waals surface area contributed by atoms with Gasteiger partial charge in [0.05, 0.1) is 14.2 Å². The molecule has 4 heteroatoms. The summed E-state index contributed by atoms with van der Waals surface area (Å²) >= 11 is 1.79. The number of ether oxygens (including phenoxy) is 2. The summed E-state index contributed by atoms with van der Waals surface area (Å²) < 4.78 is 10.6. The number of methoxy groups -OCH3 is 2. The van der Waals surface area contributed by atoms with Crippen LogP contribution in [0.25, 0.3) is 0 Å². The molecule has 3 nitrogen and oxygen atoms in total. The Balaban J connectivity index is 2.49. The third-order valence-electron chi connectivity index (χ3n) is 4.13. The van der Waals surface area contributed by atoms with E-state index >= 15 is 0 Å². The molecule has 0 saturated carbocycles. The lowest BCUT2D eigenvalue weighted by Gasteiger charge is -2.46. The molecule has 0 amide bonds. The molecule has 0 bridgehead atoms. The maximum absolute atomic E-state index is 11.2. The molecule has 0 aliphatic carbocycles. The first-order chi connectivity index (χ1) is 8.93. The summed E-state index contributed by atoms with van der Waals surface area (Å²) in [5.41, 5.74) is -0.131. The molecule has 1 fully saturated rings. The zero-order valence-corrected chi connectivity index (χ0v) is 12.8. The van der Waals surface area contributed by atoms with E-state index in [4.69, 9.17) is 9.47 Å². The maximum atomic E-state index is 11.2. The molecule has 19 heavy (non-hydrogen) atoms. The summed E-state index contributed by atoms with van der Waals surface area (Å²) in [4.78, 5) is 0. The summed E-state index contributed by atoms with van der Waals surface area (Å²) in [6, 6.07) is 5.65. The summed E-state index contributed by atoms with van der Waals surface area (Å²) in [5.74, 6) is 3.23. The van der Waals surface area contributed by atoms with E-state index < -0.39 is 5.60 Å². The highest BCUT2D eigenvalue weighted by Crippen LogP contribution is 2.49. The van der Waals surface area contributed by atoms with Crippen LogP contribution in [0.15, 0.2) is 18.2 Å². The molecule has 1 aliphatic rings. The second-order valence-corrected chi connectivity index (χ2v) is 6.75. The molecule has 2 rings (SSSR count). The van der Waals surface area contributed by atoms with Crippen LogP contribution in [-0.4, -0.2) is 30.8 Å². The fourth-order valence-corrected chi connectivity index (χ4v) is 4.12. The number of rotatable bonds is 3. The normalized spacial score (nSPS) is 25.9. The monoisotopic (exact) mass is 282 g/mol. The second-order valence-electron chi connectivity index (χ2n) is 5.65. The van der Waals surface area contributed by atoms with Gasteiger partial charge in [0.1, 0.15) is 17.1 Å². The van der Waals surface area contributed by atoms with Gasteiger partial charge >= 0.3 is 0 Å². The number of benzene rings is 1. The van der Waals surface area contributed by atoms with E-state index in [1.54, 1.807) is 26.0 Å². The first-order valence-electron chi connectivity index (χ1n) is 6.46. The van der Waals surface area contributed by atoms with Crippen molar-refractivity contribution in [1.29, 1.82) is 0 Å². The lowest BCUT2D eigenvalue weighted by molar-refractivity contribution is -0.0581. The fourth-order valence-electron chi connectivity index (χ4n) is 2.47. The molecule has 1 aromatic rings. The maximum Gasteiger partial charge on any atom is 0.122 e. The van der Waals surface area contributed by atoms with Crippen LogP contribution in [0.4, 0.5) is 0 Å². The number of hydrogen-bond donors (Lipinski definition) is 1. The van der Waals surface area contributed by atoms with Crippen molar-refractivity contribution in [2.45, 2.75) is 25.9 Å². The minimum atomic E-state index is -0.849. The Bertz CT molecular complexity index is 436. The van der Waals surface area contributed by atoms with E-state index in [2.05, 4.69) is 13.8 Å². The third-order valence-corrected chi connectivity index (χ3v) is 5.25. The Morgan fingerprint density at radius 2 is 1.68 bits per heavy atom. The average molecular weight is 282 g/mol. The topological polar surface area (TPSA) is 38.7 Å². The summed E-state index contributed by atoms with van der Waals surface area (Å²) in [6.07, 6.45) is 0.994. The average Bonchev–Trinajstić information content (AvgIpc) is 2.41. The highest BCUT2D eigenvalue weighted by atomic mass is 32.2. The van der Waals surface area contributed by atoms with Crippen molar-refractivity contribution in [3.8, 4) is 11.5 Å². The van der Waals surface area contributed by atoms with E-state index in [1.807, 2.05) is 18.2 Å². The van der Waals surface area contributed by atoms with E-state index in [0.29, 0.717) is 17.3 Å². The highest BCUT2D eigenvalue weighted by molar-refractivity contribution is 7.99. The van der Waals surface area contributed by atoms with Crippen molar-refractivity contribution in [3.05, 3.63) is 23.8 Å². The predicted molar refractivity (Wildman–Crippen MR) is 79.2 cm³/mol. The SMILES string of the molecule is COc1cc(OC)cc(C2(O)CSCCC2(C)C)c1. The smallest absolute Gasteiger partial charge is 0.122 e. The van der Waals surface area contributed by atoms with Crippen LogP contribution in [0.5, 0.6) is 11.5 Å². The van der Waals surface area contributed by atoms with Crippen LogP contribution in [0, 0.1) is 5.41 Å². The van der Waals surface area contributed by atoms with Gasteiger partial charge in [0, 0.05) is 11.8 Å². The van der Waals surface area contributed by atoms with Crippen LogP contribution in [-0.2, 0) is 5.60 Å².